The summed E-state index contributed by atoms with van der Waals surface area (Å²) in [5.41, 5.74) is 2.98. The molecule has 1 N–H and O–H groups in total. The van der Waals surface area contributed by atoms with Gasteiger partial charge in [-0.25, -0.2) is 0 Å². The predicted molar refractivity (Wildman–Crippen MR) is 80.6 cm³/mol. The Morgan fingerprint density at radius 2 is 1.84 bits per heavy atom. The van der Waals surface area contributed by atoms with E-state index in [1.165, 1.54) is 30.4 Å². The van der Waals surface area contributed by atoms with Crippen LogP contribution in [-0.2, 0) is 17.6 Å². The van der Waals surface area contributed by atoms with Crippen LogP contribution in [0.4, 0.5) is 0 Å². The largest absolute Gasteiger partial charge is 0.378 e. The molecular weight excluding hydrogens is 234 g/mol. The zero-order valence-corrected chi connectivity index (χ0v) is 12.5. The highest BCUT2D eigenvalue weighted by Crippen LogP contribution is 2.39. The number of aryl methyl sites for hydroxylation is 1. The van der Waals surface area contributed by atoms with Crippen LogP contribution in [0.3, 0.4) is 0 Å². The monoisotopic (exact) mass is 261 g/mol. The third kappa shape index (κ3) is 3.58. The summed E-state index contributed by atoms with van der Waals surface area (Å²) in [5, 5.41) is 3.46. The van der Waals surface area contributed by atoms with E-state index in [-0.39, 0.29) is 5.60 Å². The fourth-order valence-corrected chi connectivity index (χ4v) is 2.98. The summed E-state index contributed by atoms with van der Waals surface area (Å²) in [7, 11) is 3.93. The molecule has 1 saturated carbocycles. The van der Waals surface area contributed by atoms with Crippen LogP contribution in [0.25, 0.3) is 0 Å². The minimum Gasteiger partial charge on any atom is -0.378 e. The highest BCUT2D eigenvalue weighted by molar-refractivity contribution is 5.23. The second kappa shape index (κ2) is 6.53. The minimum absolute atomic E-state index is 0.150. The molecule has 0 bridgehead atoms. The average Bonchev–Trinajstić information content (AvgIpc) is 2.42. The van der Waals surface area contributed by atoms with Crippen LogP contribution in [-0.4, -0.2) is 25.8 Å². The van der Waals surface area contributed by atoms with Gasteiger partial charge in [0.05, 0.1) is 5.60 Å². The second-order valence-electron chi connectivity index (χ2n) is 5.80. The molecule has 2 heteroatoms. The van der Waals surface area contributed by atoms with E-state index in [0.717, 1.165) is 19.3 Å². The Hall–Kier alpha value is -0.860. The average molecular weight is 261 g/mol. The zero-order valence-electron chi connectivity index (χ0n) is 12.5. The van der Waals surface area contributed by atoms with Crippen molar-refractivity contribution in [3.63, 3.8) is 0 Å². The van der Waals surface area contributed by atoms with Crippen molar-refractivity contribution >= 4 is 0 Å². The minimum atomic E-state index is 0.150. The molecule has 2 nitrogen and oxygen atoms in total. The van der Waals surface area contributed by atoms with Gasteiger partial charge in [-0.05, 0) is 56.7 Å². The summed E-state index contributed by atoms with van der Waals surface area (Å²) < 4.78 is 5.74. The van der Waals surface area contributed by atoms with Crippen molar-refractivity contribution in [3.8, 4) is 0 Å². The molecule has 106 valence electrons. The van der Waals surface area contributed by atoms with Gasteiger partial charge in [0.25, 0.3) is 0 Å². The smallest absolute Gasteiger partial charge is 0.0693 e. The number of hydrogen-bond donors (Lipinski definition) is 1. The Balaban J connectivity index is 1.94. The van der Waals surface area contributed by atoms with Gasteiger partial charge in [0, 0.05) is 13.2 Å². The first-order valence-electron chi connectivity index (χ1n) is 7.51. The number of likely N-dealkylation sites (N-methyl/N-ethyl adjacent to an activating group) is 1. The van der Waals surface area contributed by atoms with E-state index in [1.54, 1.807) is 0 Å². The van der Waals surface area contributed by atoms with E-state index in [1.807, 2.05) is 7.11 Å². The highest BCUT2D eigenvalue weighted by atomic mass is 16.5. The number of hydrogen-bond acceptors (Lipinski definition) is 2. The molecule has 0 aliphatic heterocycles. The molecular formula is C17H27NO. The van der Waals surface area contributed by atoms with E-state index >= 15 is 0 Å². The highest BCUT2D eigenvalue weighted by Gasteiger charge is 2.38. The zero-order chi connectivity index (χ0) is 13.7. The van der Waals surface area contributed by atoms with Gasteiger partial charge in [-0.15, -0.1) is 0 Å². The van der Waals surface area contributed by atoms with Crippen LogP contribution < -0.4 is 5.32 Å². The van der Waals surface area contributed by atoms with E-state index in [2.05, 4.69) is 43.6 Å². The van der Waals surface area contributed by atoms with E-state index < -0.39 is 0 Å². The maximum atomic E-state index is 5.74. The molecule has 0 spiro atoms. The molecule has 1 unspecified atom stereocenters. The molecule has 0 radical (unpaired) electrons. The van der Waals surface area contributed by atoms with Crippen LogP contribution in [0, 0.1) is 0 Å². The summed E-state index contributed by atoms with van der Waals surface area (Å²) in [6.07, 6.45) is 7.08. The Bertz CT molecular complexity index is 375. The molecule has 1 aliphatic rings. The first-order valence-corrected chi connectivity index (χ1v) is 7.51. The van der Waals surface area contributed by atoms with E-state index in [0.29, 0.717) is 6.04 Å². The van der Waals surface area contributed by atoms with Gasteiger partial charge in [-0.2, -0.15) is 0 Å². The molecule has 0 aromatic heterocycles. The maximum absolute atomic E-state index is 5.74. The molecule has 1 fully saturated rings. The second-order valence-corrected chi connectivity index (χ2v) is 5.80. The third-order valence-corrected chi connectivity index (χ3v) is 4.64. The van der Waals surface area contributed by atoms with Crippen molar-refractivity contribution in [2.24, 2.45) is 0 Å². The first kappa shape index (κ1) is 14.5. The molecule has 0 saturated heterocycles. The Morgan fingerprint density at radius 3 is 2.26 bits per heavy atom. The molecule has 1 atom stereocenters. The van der Waals surface area contributed by atoms with Gasteiger partial charge in [0.2, 0.25) is 0 Å². The fourth-order valence-electron chi connectivity index (χ4n) is 2.98. The van der Waals surface area contributed by atoms with Gasteiger partial charge < -0.3 is 10.1 Å². The lowest BCUT2D eigenvalue weighted by Crippen LogP contribution is -2.45. The molecule has 19 heavy (non-hydrogen) atoms. The Morgan fingerprint density at radius 1 is 1.21 bits per heavy atom. The van der Waals surface area contributed by atoms with Gasteiger partial charge >= 0.3 is 0 Å². The van der Waals surface area contributed by atoms with Crippen molar-refractivity contribution < 1.29 is 4.74 Å². The first-order chi connectivity index (χ1) is 9.21. The van der Waals surface area contributed by atoms with Gasteiger partial charge in [-0.1, -0.05) is 31.2 Å². The van der Waals surface area contributed by atoms with Crippen molar-refractivity contribution in [2.45, 2.75) is 57.1 Å². The maximum Gasteiger partial charge on any atom is 0.0693 e. The van der Waals surface area contributed by atoms with Gasteiger partial charge in [-0.3, -0.25) is 0 Å². The lowest BCUT2D eigenvalue weighted by Gasteiger charge is -2.42. The topological polar surface area (TPSA) is 21.3 Å². The van der Waals surface area contributed by atoms with Crippen LogP contribution >= 0.6 is 0 Å². The summed E-state index contributed by atoms with van der Waals surface area (Å²) in [5.74, 6) is 0. The molecule has 0 amide bonds. The van der Waals surface area contributed by atoms with Crippen LogP contribution in [0.5, 0.6) is 0 Å². The number of ether oxygens (including phenoxy) is 1. The lowest BCUT2D eigenvalue weighted by atomic mass is 9.75. The molecule has 0 heterocycles. The van der Waals surface area contributed by atoms with Gasteiger partial charge in [0.15, 0.2) is 0 Å². The van der Waals surface area contributed by atoms with Crippen molar-refractivity contribution in [1.82, 2.24) is 5.32 Å². The fraction of sp³-hybridized carbons (Fsp3) is 0.647. The van der Waals surface area contributed by atoms with Crippen molar-refractivity contribution in [1.29, 1.82) is 0 Å². The van der Waals surface area contributed by atoms with Crippen LogP contribution in [0.1, 0.15) is 43.7 Å². The normalized spacial score (nSPS) is 18.9. The van der Waals surface area contributed by atoms with Gasteiger partial charge in [0.1, 0.15) is 0 Å². The number of benzene rings is 1. The van der Waals surface area contributed by atoms with E-state index in [9.17, 15) is 0 Å². The van der Waals surface area contributed by atoms with Crippen LogP contribution in [0.2, 0.25) is 0 Å². The molecule has 1 aromatic carbocycles. The number of rotatable bonds is 7. The Labute approximate surface area is 117 Å². The van der Waals surface area contributed by atoms with E-state index in [4.69, 9.17) is 4.74 Å². The number of nitrogens with one attached hydrogen (secondary N) is 1. The van der Waals surface area contributed by atoms with Crippen molar-refractivity contribution in [3.05, 3.63) is 35.4 Å². The quantitative estimate of drug-likeness (QED) is 0.813. The molecule has 1 aliphatic carbocycles. The van der Waals surface area contributed by atoms with Crippen LogP contribution in [0.15, 0.2) is 24.3 Å². The van der Waals surface area contributed by atoms with Crippen molar-refractivity contribution in [2.75, 3.05) is 14.2 Å². The molecule has 1 aromatic rings. The third-order valence-electron chi connectivity index (χ3n) is 4.64. The number of methoxy groups -OCH3 is 1. The Kier molecular flexibility index (Phi) is 5.00. The SMILES string of the molecule is CCc1ccc(CC(CC2(OC)CCC2)NC)cc1. The standard InChI is InChI=1S/C17H27NO/c1-4-14-6-8-15(9-7-14)12-16(18-2)13-17(19-3)10-5-11-17/h6-9,16,18H,4-5,10-13H2,1-3H3. The predicted octanol–water partition coefficient (Wildman–Crippen LogP) is 3.34. The summed E-state index contributed by atoms with van der Waals surface area (Å²) >= 11 is 0. The summed E-state index contributed by atoms with van der Waals surface area (Å²) in [4.78, 5) is 0. The molecule has 2 rings (SSSR count). The summed E-state index contributed by atoms with van der Waals surface area (Å²) in [6.45, 7) is 2.20. The summed E-state index contributed by atoms with van der Waals surface area (Å²) in [6, 6.07) is 9.54. The lowest BCUT2D eigenvalue weighted by molar-refractivity contribution is -0.0830.